The molecule has 0 radical (unpaired) electrons. The molecule has 0 saturated heterocycles. The third kappa shape index (κ3) is 5.04. The van der Waals surface area contributed by atoms with Crippen LogP contribution in [0.15, 0.2) is 0 Å². The Bertz CT molecular complexity index is 316. The molecule has 0 amide bonds. The summed E-state index contributed by atoms with van der Waals surface area (Å²) in [4.78, 5) is 16.5. The van der Waals surface area contributed by atoms with Gasteiger partial charge in [0, 0.05) is 26.2 Å². The van der Waals surface area contributed by atoms with Crippen LogP contribution in [-0.4, -0.2) is 68.7 Å². The van der Waals surface area contributed by atoms with Crippen LogP contribution >= 0.6 is 0 Å². The lowest BCUT2D eigenvalue weighted by Crippen LogP contribution is -2.59. The van der Waals surface area contributed by atoms with E-state index in [0.29, 0.717) is 12.5 Å². The molecule has 5 heteroatoms. The number of nitrogens with two attached hydrogens (primary N) is 1. The van der Waals surface area contributed by atoms with Gasteiger partial charge in [-0.25, -0.2) is 0 Å². The molecular weight excluding hydrogens is 254 g/mol. The molecule has 1 aliphatic rings. The van der Waals surface area contributed by atoms with Crippen molar-refractivity contribution in [3.05, 3.63) is 0 Å². The second kappa shape index (κ2) is 7.38. The number of carbonyl (C=O) groups is 1. The quantitative estimate of drug-likeness (QED) is 0.635. The first-order valence-electron chi connectivity index (χ1n) is 7.54. The van der Waals surface area contributed by atoms with E-state index in [-0.39, 0.29) is 11.9 Å². The van der Waals surface area contributed by atoms with Crippen LogP contribution in [0.25, 0.3) is 0 Å². The van der Waals surface area contributed by atoms with Crippen LogP contribution in [0.4, 0.5) is 0 Å². The molecule has 2 N–H and O–H groups in total. The Kier molecular flexibility index (Phi) is 6.43. The van der Waals surface area contributed by atoms with E-state index in [1.807, 2.05) is 0 Å². The highest BCUT2D eigenvalue weighted by Crippen LogP contribution is 2.39. The maximum absolute atomic E-state index is 12.1. The van der Waals surface area contributed by atoms with Crippen molar-refractivity contribution in [2.24, 2.45) is 17.6 Å². The van der Waals surface area contributed by atoms with E-state index in [1.54, 1.807) is 0 Å². The fraction of sp³-hybridized carbons (Fsp3) is 0.933. The van der Waals surface area contributed by atoms with Crippen LogP contribution in [0.1, 0.15) is 26.7 Å². The fourth-order valence-electron chi connectivity index (χ4n) is 2.61. The number of carbonyl (C=O) groups excluding carboxylic acids is 1. The van der Waals surface area contributed by atoms with E-state index in [0.717, 1.165) is 32.5 Å². The molecule has 20 heavy (non-hydrogen) atoms. The fourth-order valence-corrected chi connectivity index (χ4v) is 2.61. The number of esters is 1. The first-order valence-corrected chi connectivity index (χ1v) is 7.54. The first-order chi connectivity index (χ1) is 9.29. The Morgan fingerprint density at radius 3 is 2.35 bits per heavy atom. The molecule has 0 aromatic carbocycles. The predicted octanol–water partition coefficient (Wildman–Crippen LogP) is 0.787. The van der Waals surface area contributed by atoms with Crippen LogP contribution in [0.2, 0.25) is 0 Å². The molecule has 1 atom stereocenters. The summed E-state index contributed by atoms with van der Waals surface area (Å²) in [5.74, 6) is 0.570. The van der Waals surface area contributed by atoms with Crippen molar-refractivity contribution in [1.29, 1.82) is 0 Å². The summed E-state index contributed by atoms with van der Waals surface area (Å²) in [7, 11) is 5.55. The molecule has 118 valence electrons. The Morgan fingerprint density at radius 1 is 1.35 bits per heavy atom. The van der Waals surface area contributed by atoms with E-state index < -0.39 is 5.54 Å². The number of rotatable bonds is 9. The number of methoxy groups -OCH3 is 1. The van der Waals surface area contributed by atoms with Gasteiger partial charge in [-0.3, -0.25) is 9.69 Å². The van der Waals surface area contributed by atoms with Gasteiger partial charge in [0.15, 0.2) is 0 Å². The van der Waals surface area contributed by atoms with E-state index >= 15 is 0 Å². The van der Waals surface area contributed by atoms with E-state index in [1.165, 1.54) is 7.11 Å². The first kappa shape index (κ1) is 17.4. The normalized spacial score (nSPS) is 18.6. The summed E-state index contributed by atoms with van der Waals surface area (Å²) in [6.45, 7) is 7.82. The molecule has 0 heterocycles. The number of hydrogen-bond donors (Lipinski definition) is 1. The predicted molar refractivity (Wildman–Crippen MR) is 81.5 cm³/mol. The molecule has 5 nitrogen and oxygen atoms in total. The van der Waals surface area contributed by atoms with Crippen LogP contribution in [0, 0.1) is 11.8 Å². The molecular formula is C15H31N3O2. The molecule has 1 aliphatic carbocycles. The maximum Gasteiger partial charge on any atom is 0.327 e. The van der Waals surface area contributed by atoms with Crippen LogP contribution in [0.3, 0.4) is 0 Å². The summed E-state index contributed by atoms with van der Waals surface area (Å²) < 4.78 is 4.95. The summed E-state index contributed by atoms with van der Waals surface area (Å²) in [5.41, 5.74) is 5.57. The van der Waals surface area contributed by atoms with Gasteiger partial charge in [0.1, 0.15) is 5.54 Å². The molecule has 1 saturated carbocycles. The SMILES string of the molecule is COC(=O)C(N)(CN(CCN(C)C)CC(C)C)C1CC1. The van der Waals surface area contributed by atoms with Gasteiger partial charge in [-0.05, 0) is 38.8 Å². The second-order valence-electron chi connectivity index (χ2n) is 6.74. The molecule has 0 aliphatic heterocycles. The van der Waals surface area contributed by atoms with Gasteiger partial charge in [-0.2, -0.15) is 0 Å². The highest BCUT2D eigenvalue weighted by molar-refractivity contribution is 5.81. The minimum Gasteiger partial charge on any atom is -0.468 e. The van der Waals surface area contributed by atoms with E-state index in [9.17, 15) is 4.79 Å². The van der Waals surface area contributed by atoms with Gasteiger partial charge in [0.25, 0.3) is 0 Å². The Balaban J connectivity index is 2.70. The van der Waals surface area contributed by atoms with Crippen LogP contribution in [0.5, 0.6) is 0 Å². The van der Waals surface area contributed by atoms with Gasteiger partial charge in [0.05, 0.1) is 7.11 Å². The highest BCUT2D eigenvalue weighted by atomic mass is 16.5. The zero-order valence-corrected chi connectivity index (χ0v) is 13.7. The summed E-state index contributed by atoms with van der Waals surface area (Å²) in [5, 5.41) is 0. The number of ether oxygens (including phenoxy) is 1. The number of likely N-dealkylation sites (N-methyl/N-ethyl adjacent to an activating group) is 1. The summed E-state index contributed by atoms with van der Waals surface area (Å²) in [6.07, 6.45) is 2.07. The standard InChI is InChI=1S/C15H31N3O2/c1-12(2)10-18(9-8-17(3)4)11-15(16,13-6-7-13)14(19)20-5/h12-13H,6-11,16H2,1-5H3. The Hall–Kier alpha value is -0.650. The van der Waals surface area contributed by atoms with Crippen molar-refractivity contribution in [2.45, 2.75) is 32.2 Å². The molecule has 0 spiro atoms. The van der Waals surface area contributed by atoms with Crippen molar-refractivity contribution in [1.82, 2.24) is 9.80 Å². The van der Waals surface area contributed by atoms with Gasteiger partial charge < -0.3 is 15.4 Å². The zero-order chi connectivity index (χ0) is 15.3. The minimum atomic E-state index is -0.837. The topological polar surface area (TPSA) is 58.8 Å². The average Bonchev–Trinajstić information content (AvgIpc) is 3.18. The Labute approximate surface area is 123 Å². The van der Waals surface area contributed by atoms with Crippen LogP contribution in [-0.2, 0) is 9.53 Å². The summed E-state index contributed by atoms with van der Waals surface area (Å²) >= 11 is 0. The van der Waals surface area contributed by atoms with Gasteiger partial charge in [-0.15, -0.1) is 0 Å². The van der Waals surface area contributed by atoms with Crippen LogP contribution < -0.4 is 5.73 Å². The van der Waals surface area contributed by atoms with Crippen molar-refractivity contribution in [3.63, 3.8) is 0 Å². The minimum absolute atomic E-state index is 0.265. The Morgan fingerprint density at radius 2 is 1.95 bits per heavy atom. The molecule has 0 bridgehead atoms. The summed E-state index contributed by atoms with van der Waals surface area (Å²) in [6, 6.07) is 0. The molecule has 0 aromatic heterocycles. The second-order valence-corrected chi connectivity index (χ2v) is 6.74. The zero-order valence-electron chi connectivity index (χ0n) is 13.7. The number of hydrogen-bond acceptors (Lipinski definition) is 5. The maximum atomic E-state index is 12.1. The number of nitrogens with zero attached hydrogens (tertiary/aromatic N) is 2. The lowest BCUT2D eigenvalue weighted by atomic mass is 9.93. The third-order valence-corrected chi connectivity index (χ3v) is 3.84. The van der Waals surface area contributed by atoms with Crippen molar-refractivity contribution in [2.75, 3.05) is 47.4 Å². The monoisotopic (exact) mass is 285 g/mol. The smallest absolute Gasteiger partial charge is 0.327 e. The van der Waals surface area contributed by atoms with E-state index in [4.69, 9.17) is 10.5 Å². The molecule has 1 rings (SSSR count). The van der Waals surface area contributed by atoms with Crippen molar-refractivity contribution >= 4 is 5.97 Å². The van der Waals surface area contributed by atoms with Gasteiger partial charge in [0.2, 0.25) is 0 Å². The van der Waals surface area contributed by atoms with Gasteiger partial charge in [-0.1, -0.05) is 13.8 Å². The van der Waals surface area contributed by atoms with Crippen molar-refractivity contribution in [3.8, 4) is 0 Å². The lowest BCUT2D eigenvalue weighted by molar-refractivity contribution is -0.149. The average molecular weight is 285 g/mol. The third-order valence-electron chi connectivity index (χ3n) is 3.84. The van der Waals surface area contributed by atoms with E-state index in [2.05, 4.69) is 37.7 Å². The molecule has 0 aromatic rings. The lowest BCUT2D eigenvalue weighted by Gasteiger charge is -2.34. The largest absolute Gasteiger partial charge is 0.468 e. The molecule has 1 unspecified atom stereocenters. The highest BCUT2D eigenvalue weighted by Gasteiger charge is 2.49. The van der Waals surface area contributed by atoms with Gasteiger partial charge >= 0.3 is 5.97 Å². The van der Waals surface area contributed by atoms with Crippen molar-refractivity contribution < 1.29 is 9.53 Å². The molecule has 1 fully saturated rings.